The van der Waals surface area contributed by atoms with Crippen molar-refractivity contribution < 1.29 is 27.8 Å². The molecule has 1 atom stereocenters. The molecule has 2 aliphatic rings. The summed E-state index contributed by atoms with van der Waals surface area (Å²) >= 11 is 0. The summed E-state index contributed by atoms with van der Waals surface area (Å²) in [5.74, 6) is -0.580. The van der Waals surface area contributed by atoms with Crippen molar-refractivity contribution >= 4 is 17.5 Å². The number of likely N-dealkylation sites (N-methyl/N-ethyl adjacent to an activating group) is 1. The molecule has 0 spiro atoms. The molecule has 2 aliphatic heterocycles. The SMILES string of the molecule is CN(C)C(=O)[C@@H]1CCCN1CC(=O)Nc1ccc2c(c1)OC(F)(F)O2. The van der Waals surface area contributed by atoms with Crippen molar-refractivity contribution in [2.24, 2.45) is 0 Å². The minimum Gasteiger partial charge on any atom is -0.395 e. The predicted molar refractivity (Wildman–Crippen MR) is 84.6 cm³/mol. The molecule has 1 aromatic carbocycles. The zero-order valence-corrected chi connectivity index (χ0v) is 13.9. The van der Waals surface area contributed by atoms with Crippen LogP contribution in [0.1, 0.15) is 12.8 Å². The highest BCUT2D eigenvalue weighted by Gasteiger charge is 2.43. The quantitative estimate of drug-likeness (QED) is 0.886. The van der Waals surface area contributed by atoms with E-state index in [1.165, 1.54) is 23.1 Å². The maximum Gasteiger partial charge on any atom is 0.586 e. The third-order valence-electron chi connectivity index (χ3n) is 4.12. The number of carbonyl (C=O) groups is 2. The van der Waals surface area contributed by atoms with Crippen molar-refractivity contribution in [3.05, 3.63) is 18.2 Å². The number of halogens is 2. The Balaban J connectivity index is 1.61. The van der Waals surface area contributed by atoms with E-state index in [0.717, 1.165) is 6.42 Å². The number of fused-ring (bicyclic) bond motifs is 1. The van der Waals surface area contributed by atoms with Gasteiger partial charge >= 0.3 is 6.29 Å². The normalized spacial score (nSPS) is 21.2. The highest BCUT2D eigenvalue weighted by molar-refractivity contribution is 5.93. The molecule has 1 fully saturated rings. The molecule has 3 rings (SSSR count). The number of likely N-dealkylation sites (tertiary alicyclic amines) is 1. The zero-order chi connectivity index (χ0) is 18.2. The first-order valence-corrected chi connectivity index (χ1v) is 7.90. The number of nitrogens with zero attached hydrogens (tertiary/aromatic N) is 2. The van der Waals surface area contributed by atoms with Crippen LogP contribution in [0.3, 0.4) is 0 Å². The summed E-state index contributed by atoms with van der Waals surface area (Å²) in [6.45, 7) is 0.708. The Kier molecular flexibility index (Phi) is 4.51. The fourth-order valence-electron chi connectivity index (χ4n) is 3.00. The lowest BCUT2D eigenvalue weighted by Gasteiger charge is -2.25. The Morgan fingerprint density at radius 1 is 1.32 bits per heavy atom. The molecule has 2 amide bonds. The summed E-state index contributed by atoms with van der Waals surface area (Å²) in [5.41, 5.74) is 0.319. The Hall–Kier alpha value is -2.42. The minimum atomic E-state index is -3.69. The molecule has 0 aromatic heterocycles. The van der Waals surface area contributed by atoms with Crippen molar-refractivity contribution in [3.8, 4) is 11.5 Å². The Morgan fingerprint density at radius 2 is 2.04 bits per heavy atom. The molecule has 9 heteroatoms. The number of amides is 2. The molecule has 1 aromatic rings. The Labute approximate surface area is 143 Å². The van der Waals surface area contributed by atoms with Crippen LogP contribution in [0.2, 0.25) is 0 Å². The summed E-state index contributed by atoms with van der Waals surface area (Å²) in [6.07, 6.45) is -2.14. The van der Waals surface area contributed by atoms with Gasteiger partial charge in [-0.1, -0.05) is 0 Å². The van der Waals surface area contributed by atoms with Crippen molar-refractivity contribution in [3.63, 3.8) is 0 Å². The third-order valence-corrected chi connectivity index (χ3v) is 4.12. The Bertz CT molecular complexity index is 696. The Morgan fingerprint density at radius 3 is 2.76 bits per heavy atom. The van der Waals surface area contributed by atoms with Gasteiger partial charge in [0.25, 0.3) is 0 Å². The van der Waals surface area contributed by atoms with E-state index in [2.05, 4.69) is 14.8 Å². The first-order valence-electron chi connectivity index (χ1n) is 7.90. The van der Waals surface area contributed by atoms with Crippen LogP contribution in [0.25, 0.3) is 0 Å². The first-order chi connectivity index (χ1) is 11.7. The number of anilines is 1. The number of ether oxygens (including phenoxy) is 2. The van der Waals surface area contributed by atoms with E-state index < -0.39 is 6.29 Å². The smallest absolute Gasteiger partial charge is 0.395 e. The van der Waals surface area contributed by atoms with Gasteiger partial charge in [0, 0.05) is 25.8 Å². The molecule has 0 radical (unpaired) electrons. The van der Waals surface area contributed by atoms with Gasteiger partial charge in [0.1, 0.15) is 0 Å². The molecule has 25 heavy (non-hydrogen) atoms. The van der Waals surface area contributed by atoms with Crippen molar-refractivity contribution in [2.75, 3.05) is 32.5 Å². The van der Waals surface area contributed by atoms with Crippen LogP contribution in [0, 0.1) is 0 Å². The number of hydrogen-bond acceptors (Lipinski definition) is 5. The summed E-state index contributed by atoms with van der Waals surface area (Å²) in [6, 6.07) is 3.73. The van der Waals surface area contributed by atoms with Gasteiger partial charge in [-0.15, -0.1) is 8.78 Å². The summed E-state index contributed by atoms with van der Waals surface area (Å²) < 4.78 is 34.7. The average molecular weight is 355 g/mol. The zero-order valence-electron chi connectivity index (χ0n) is 13.9. The maximum absolute atomic E-state index is 13.0. The van der Waals surface area contributed by atoms with E-state index in [1.807, 2.05) is 4.90 Å². The second-order valence-electron chi connectivity index (χ2n) is 6.24. The number of rotatable bonds is 4. The van der Waals surface area contributed by atoms with Gasteiger partial charge in [-0.05, 0) is 31.5 Å². The van der Waals surface area contributed by atoms with Crippen LogP contribution in [0.15, 0.2) is 18.2 Å². The van der Waals surface area contributed by atoms with Crippen LogP contribution in [0.5, 0.6) is 11.5 Å². The van der Waals surface area contributed by atoms with Crippen LogP contribution < -0.4 is 14.8 Å². The summed E-state index contributed by atoms with van der Waals surface area (Å²) in [4.78, 5) is 27.7. The molecule has 2 heterocycles. The fraction of sp³-hybridized carbons (Fsp3) is 0.500. The van der Waals surface area contributed by atoms with E-state index in [1.54, 1.807) is 14.1 Å². The number of benzene rings is 1. The molecule has 7 nitrogen and oxygen atoms in total. The van der Waals surface area contributed by atoms with Crippen LogP contribution in [0.4, 0.5) is 14.5 Å². The van der Waals surface area contributed by atoms with E-state index in [9.17, 15) is 18.4 Å². The van der Waals surface area contributed by atoms with Gasteiger partial charge in [0.15, 0.2) is 11.5 Å². The third kappa shape index (κ3) is 3.81. The van der Waals surface area contributed by atoms with Crippen LogP contribution in [-0.2, 0) is 9.59 Å². The lowest BCUT2D eigenvalue weighted by atomic mass is 10.2. The number of carbonyl (C=O) groups excluding carboxylic acids is 2. The van der Waals surface area contributed by atoms with Gasteiger partial charge in [-0.3, -0.25) is 14.5 Å². The number of hydrogen-bond donors (Lipinski definition) is 1. The standard InChI is InChI=1S/C16H19F2N3O4/c1-20(2)15(23)11-4-3-7-21(11)9-14(22)19-10-5-6-12-13(8-10)25-16(17,18)24-12/h5-6,8,11H,3-4,7,9H2,1-2H3,(H,19,22)/t11-/m0/s1. The lowest BCUT2D eigenvalue weighted by Crippen LogP contribution is -2.45. The summed E-state index contributed by atoms with van der Waals surface area (Å²) in [7, 11) is 3.36. The monoisotopic (exact) mass is 355 g/mol. The van der Waals surface area contributed by atoms with E-state index in [4.69, 9.17) is 0 Å². The molecular formula is C16H19F2N3O4. The maximum atomic E-state index is 13.0. The minimum absolute atomic E-state index is 0.0318. The second kappa shape index (κ2) is 6.47. The van der Waals surface area contributed by atoms with Gasteiger partial charge in [0.2, 0.25) is 11.8 Å². The molecule has 0 saturated carbocycles. The molecular weight excluding hydrogens is 336 g/mol. The molecule has 0 unspecified atom stereocenters. The largest absolute Gasteiger partial charge is 0.586 e. The molecule has 136 valence electrons. The average Bonchev–Trinajstić information content (AvgIpc) is 3.08. The molecule has 0 bridgehead atoms. The van der Waals surface area contributed by atoms with Gasteiger partial charge in [0.05, 0.1) is 12.6 Å². The van der Waals surface area contributed by atoms with Crippen molar-refractivity contribution in [1.82, 2.24) is 9.80 Å². The van der Waals surface area contributed by atoms with Crippen LogP contribution in [-0.4, -0.2) is 61.1 Å². The van der Waals surface area contributed by atoms with Crippen molar-refractivity contribution in [1.29, 1.82) is 0 Å². The van der Waals surface area contributed by atoms with Gasteiger partial charge < -0.3 is 19.7 Å². The van der Waals surface area contributed by atoms with Gasteiger partial charge in [-0.2, -0.15) is 0 Å². The number of alkyl halides is 2. The van der Waals surface area contributed by atoms with Crippen molar-refractivity contribution in [2.45, 2.75) is 25.2 Å². The highest BCUT2D eigenvalue weighted by atomic mass is 19.3. The fourth-order valence-corrected chi connectivity index (χ4v) is 3.00. The second-order valence-corrected chi connectivity index (χ2v) is 6.24. The summed E-state index contributed by atoms with van der Waals surface area (Å²) in [5, 5.41) is 2.63. The topological polar surface area (TPSA) is 71.1 Å². The predicted octanol–water partition coefficient (Wildman–Crippen LogP) is 1.50. The van der Waals surface area contributed by atoms with Gasteiger partial charge in [-0.25, -0.2) is 0 Å². The highest BCUT2D eigenvalue weighted by Crippen LogP contribution is 2.42. The molecule has 1 N–H and O–H groups in total. The number of nitrogens with one attached hydrogen (secondary N) is 1. The van der Waals surface area contributed by atoms with E-state index in [-0.39, 0.29) is 35.9 Å². The van der Waals surface area contributed by atoms with E-state index in [0.29, 0.717) is 18.7 Å². The first kappa shape index (κ1) is 17.4. The molecule has 1 saturated heterocycles. The van der Waals surface area contributed by atoms with Crippen LogP contribution >= 0.6 is 0 Å². The molecule has 0 aliphatic carbocycles. The lowest BCUT2D eigenvalue weighted by molar-refractivity contribution is -0.286. The van der Waals surface area contributed by atoms with E-state index >= 15 is 0 Å².